The van der Waals surface area contributed by atoms with E-state index in [-0.39, 0.29) is 5.91 Å². The molecule has 1 aliphatic carbocycles. The predicted molar refractivity (Wildman–Crippen MR) is 74.9 cm³/mol. The van der Waals surface area contributed by atoms with E-state index in [4.69, 9.17) is 0 Å². The van der Waals surface area contributed by atoms with Crippen LogP contribution in [0, 0.1) is 5.92 Å². The third-order valence-corrected chi connectivity index (χ3v) is 3.36. The summed E-state index contributed by atoms with van der Waals surface area (Å²) >= 11 is 0. The number of nitrogens with zero attached hydrogens (tertiary/aromatic N) is 1. The monoisotopic (exact) mass is 246 g/mol. The van der Waals surface area contributed by atoms with E-state index >= 15 is 0 Å². The van der Waals surface area contributed by atoms with Gasteiger partial charge in [-0.3, -0.25) is 4.79 Å². The highest BCUT2D eigenvalue weighted by Crippen LogP contribution is 2.30. The average molecular weight is 246 g/mol. The van der Waals surface area contributed by atoms with Crippen LogP contribution in [0.3, 0.4) is 0 Å². The van der Waals surface area contributed by atoms with Gasteiger partial charge in [0.05, 0.1) is 0 Å². The number of anilines is 1. The minimum Gasteiger partial charge on any atom is -0.385 e. The number of nitrogens with one attached hydrogen (secondary N) is 1. The third-order valence-electron chi connectivity index (χ3n) is 3.36. The molecule has 3 heteroatoms. The van der Waals surface area contributed by atoms with Crippen LogP contribution in [-0.4, -0.2) is 30.4 Å². The second-order valence-corrected chi connectivity index (χ2v) is 4.89. The van der Waals surface area contributed by atoms with Gasteiger partial charge in [-0.25, -0.2) is 0 Å². The van der Waals surface area contributed by atoms with E-state index in [2.05, 4.69) is 12.2 Å². The Morgan fingerprint density at radius 1 is 1.28 bits per heavy atom. The fourth-order valence-electron chi connectivity index (χ4n) is 2.09. The van der Waals surface area contributed by atoms with Crippen LogP contribution in [-0.2, 0) is 0 Å². The Hall–Kier alpha value is -1.51. The maximum absolute atomic E-state index is 12.3. The van der Waals surface area contributed by atoms with Crippen molar-refractivity contribution in [1.29, 1.82) is 0 Å². The molecular formula is C15H22N2O. The lowest BCUT2D eigenvalue weighted by molar-refractivity contribution is 0.0757. The molecule has 0 heterocycles. The summed E-state index contributed by atoms with van der Waals surface area (Å²) in [6.45, 7) is 6.73. The zero-order valence-corrected chi connectivity index (χ0v) is 11.3. The lowest BCUT2D eigenvalue weighted by atomic mass is 10.1. The van der Waals surface area contributed by atoms with Crippen molar-refractivity contribution >= 4 is 11.6 Å². The van der Waals surface area contributed by atoms with Crippen LogP contribution in [0.25, 0.3) is 0 Å². The predicted octanol–water partition coefficient (Wildman–Crippen LogP) is 2.99. The molecule has 0 aliphatic heterocycles. The third kappa shape index (κ3) is 3.25. The maximum atomic E-state index is 12.3. The zero-order chi connectivity index (χ0) is 13.0. The summed E-state index contributed by atoms with van der Waals surface area (Å²) in [7, 11) is 0. The van der Waals surface area contributed by atoms with Gasteiger partial charge >= 0.3 is 0 Å². The van der Waals surface area contributed by atoms with Gasteiger partial charge in [0.1, 0.15) is 0 Å². The van der Waals surface area contributed by atoms with Crippen molar-refractivity contribution < 1.29 is 4.79 Å². The molecule has 0 aromatic heterocycles. The van der Waals surface area contributed by atoms with Crippen LogP contribution < -0.4 is 5.32 Å². The number of hydrogen-bond donors (Lipinski definition) is 1. The molecule has 18 heavy (non-hydrogen) atoms. The van der Waals surface area contributed by atoms with Gasteiger partial charge in [0.15, 0.2) is 0 Å². The van der Waals surface area contributed by atoms with Crippen molar-refractivity contribution in [2.24, 2.45) is 5.92 Å². The van der Waals surface area contributed by atoms with Crippen LogP contribution in [0.5, 0.6) is 0 Å². The molecule has 1 aromatic carbocycles. The molecule has 0 spiro atoms. The fraction of sp³-hybridized carbons (Fsp3) is 0.533. The van der Waals surface area contributed by atoms with Gasteiger partial charge in [0, 0.05) is 30.9 Å². The number of carbonyl (C=O) groups is 1. The molecule has 0 radical (unpaired) electrons. The summed E-state index contributed by atoms with van der Waals surface area (Å²) < 4.78 is 0. The summed E-state index contributed by atoms with van der Waals surface area (Å²) in [5.41, 5.74) is 1.86. The number of amides is 1. The van der Waals surface area contributed by atoms with Crippen molar-refractivity contribution in [1.82, 2.24) is 4.90 Å². The molecule has 1 aliphatic rings. The first-order chi connectivity index (χ1) is 8.74. The minimum absolute atomic E-state index is 0.160. The number of rotatable bonds is 6. The van der Waals surface area contributed by atoms with Crippen molar-refractivity contribution in [3.05, 3.63) is 29.8 Å². The highest BCUT2D eigenvalue weighted by molar-refractivity contribution is 5.94. The number of hydrogen-bond acceptors (Lipinski definition) is 2. The summed E-state index contributed by atoms with van der Waals surface area (Å²) in [4.78, 5) is 14.3. The summed E-state index contributed by atoms with van der Waals surface area (Å²) in [6.07, 6.45) is 2.56. The van der Waals surface area contributed by atoms with Crippen LogP contribution in [0.1, 0.15) is 37.0 Å². The largest absolute Gasteiger partial charge is 0.385 e. The van der Waals surface area contributed by atoms with Gasteiger partial charge in [-0.15, -0.1) is 0 Å². The van der Waals surface area contributed by atoms with E-state index in [1.165, 1.54) is 12.8 Å². The summed E-state index contributed by atoms with van der Waals surface area (Å²) in [5, 5.41) is 3.23. The lowest BCUT2D eigenvalue weighted by Gasteiger charge is -2.20. The highest BCUT2D eigenvalue weighted by atomic mass is 16.2. The smallest absolute Gasteiger partial charge is 0.253 e. The topological polar surface area (TPSA) is 32.3 Å². The van der Waals surface area contributed by atoms with Gasteiger partial charge in [0.25, 0.3) is 5.91 Å². The Bertz CT molecular complexity index is 395. The van der Waals surface area contributed by atoms with E-state index in [1.54, 1.807) is 0 Å². The average Bonchev–Trinajstić information content (AvgIpc) is 3.20. The molecule has 0 unspecified atom stereocenters. The highest BCUT2D eigenvalue weighted by Gasteiger charge is 2.26. The van der Waals surface area contributed by atoms with Crippen LogP contribution in [0.4, 0.5) is 5.69 Å². The van der Waals surface area contributed by atoms with E-state index in [0.717, 1.165) is 36.8 Å². The van der Waals surface area contributed by atoms with Crippen LogP contribution in [0.2, 0.25) is 0 Å². The van der Waals surface area contributed by atoms with E-state index in [9.17, 15) is 4.79 Å². The standard InChI is InChI=1S/C15H22N2O/c1-3-16-14-9-7-13(8-10-14)15(18)17(4-2)11-12-5-6-12/h7-10,12,16H,3-6,11H2,1-2H3. The second-order valence-electron chi connectivity index (χ2n) is 4.89. The van der Waals surface area contributed by atoms with Gasteiger partial charge < -0.3 is 10.2 Å². The molecule has 0 atom stereocenters. The molecule has 3 nitrogen and oxygen atoms in total. The molecular weight excluding hydrogens is 224 g/mol. The fourth-order valence-corrected chi connectivity index (χ4v) is 2.09. The molecule has 1 aromatic rings. The van der Waals surface area contributed by atoms with Crippen molar-refractivity contribution in [2.45, 2.75) is 26.7 Å². The second kappa shape index (κ2) is 5.89. The normalized spacial score (nSPS) is 14.3. The zero-order valence-electron chi connectivity index (χ0n) is 11.3. The van der Waals surface area contributed by atoms with Crippen molar-refractivity contribution in [2.75, 3.05) is 25.0 Å². The first-order valence-electron chi connectivity index (χ1n) is 6.87. The van der Waals surface area contributed by atoms with Gasteiger partial charge in [-0.2, -0.15) is 0 Å². The Balaban J connectivity index is 2.01. The molecule has 1 N–H and O–H groups in total. The molecule has 1 amide bonds. The van der Waals surface area contributed by atoms with E-state index in [0.29, 0.717) is 0 Å². The molecule has 1 fully saturated rings. The lowest BCUT2D eigenvalue weighted by Crippen LogP contribution is -2.32. The Kier molecular flexibility index (Phi) is 4.24. The summed E-state index contributed by atoms with van der Waals surface area (Å²) in [6, 6.07) is 7.77. The van der Waals surface area contributed by atoms with Crippen molar-refractivity contribution in [3.8, 4) is 0 Å². The minimum atomic E-state index is 0.160. The molecule has 98 valence electrons. The summed E-state index contributed by atoms with van der Waals surface area (Å²) in [5.74, 6) is 0.905. The Morgan fingerprint density at radius 3 is 2.44 bits per heavy atom. The first kappa shape index (κ1) is 12.9. The van der Waals surface area contributed by atoms with Crippen molar-refractivity contribution in [3.63, 3.8) is 0 Å². The maximum Gasteiger partial charge on any atom is 0.253 e. The molecule has 2 rings (SSSR count). The van der Waals surface area contributed by atoms with Crippen LogP contribution >= 0.6 is 0 Å². The number of benzene rings is 1. The molecule has 1 saturated carbocycles. The van der Waals surface area contributed by atoms with Crippen LogP contribution in [0.15, 0.2) is 24.3 Å². The molecule has 0 saturated heterocycles. The van der Waals surface area contributed by atoms with E-state index in [1.807, 2.05) is 36.1 Å². The Morgan fingerprint density at radius 2 is 1.94 bits per heavy atom. The van der Waals surface area contributed by atoms with E-state index < -0.39 is 0 Å². The first-order valence-corrected chi connectivity index (χ1v) is 6.87. The van der Waals surface area contributed by atoms with Gasteiger partial charge in [-0.05, 0) is 56.9 Å². The Labute approximate surface area is 109 Å². The quantitative estimate of drug-likeness (QED) is 0.837. The number of carbonyl (C=O) groups excluding carboxylic acids is 1. The van der Waals surface area contributed by atoms with Gasteiger partial charge in [-0.1, -0.05) is 0 Å². The molecule has 0 bridgehead atoms. The SMILES string of the molecule is CCNc1ccc(C(=O)N(CC)CC2CC2)cc1. The van der Waals surface area contributed by atoms with Gasteiger partial charge in [0.2, 0.25) is 0 Å².